The number of aromatic nitrogens is 2. The van der Waals surface area contributed by atoms with Gasteiger partial charge in [0.15, 0.2) is 0 Å². The van der Waals surface area contributed by atoms with Crippen LogP contribution in [0.4, 0.5) is 0 Å². The maximum atomic E-state index is 12.6. The Morgan fingerprint density at radius 1 is 1.31 bits per heavy atom. The highest BCUT2D eigenvalue weighted by molar-refractivity contribution is 7.09. The number of piperidine rings is 1. The van der Waals surface area contributed by atoms with E-state index in [4.69, 9.17) is 0 Å². The molecule has 0 aliphatic carbocycles. The van der Waals surface area contributed by atoms with Crippen molar-refractivity contribution in [3.8, 4) is 0 Å². The molecule has 2 aromatic rings. The predicted molar refractivity (Wildman–Crippen MR) is 101 cm³/mol. The Morgan fingerprint density at radius 3 is 2.81 bits per heavy atom. The number of hydrogen-bond acceptors (Lipinski definition) is 5. The van der Waals surface area contributed by atoms with Crippen molar-refractivity contribution >= 4 is 23.2 Å². The highest BCUT2D eigenvalue weighted by Gasteiger charge is 2.28. The van der Waals surface area contributed by atoms with Gasteiger partial charge in [-0.1, -0.05) is 13.0 Å². The summed E-state index contributed by atoms with van der Waals surface area (Å²) in [5.41, 5.74) is 1.39. The van der Waals surface area contributed by atoms with Crippen LogP contribution < -0.4 is 5.32 Å². The summed E-state index contributed by atoms with van der Waals surface area (Å²) >= 11 is 1.55. The van der Waals surface area contributed by atoms with Crippen molar-refractivity contribution in [1.82, 2.24) is 20.2 Å². The van der Waals surface area contributed by atoms with E-state index in [1.54, 1.807) is 17.5 Å². The predicted octanol–water partition coefficient (Wildman–Crippen LogP) is 2.66. The van der Waals surface area contributed by atoms with Crippen LogP contribution in [0.25, 0.3) is 0 Å². The first-order chi connectivity index (χ1) is 12.7. The van der Waals surface area contributed by atoms with E-state index in [1.165, 1.54) is 0 Å². The van der Waals surface area contributed by atoms with Crippen LogP contribution in [-0.4, -0.2) is 39.8 Å². The number of aryl methyl sites for hydroxylation is 1. The van der Waals surface area contributed by atoms with E-state index in [0.29, 0.717) is 38.2 Å². The van der Waals surface area contributed by atoms with E-state index in [-0.39, 0.29) is 17.7 Å². The fourth-order valence-electron chi connectivity index (χ4n) is 3.07. The minimum atomic E-state index is -0.0474. The molecule has 1 aliphatic heterocycles. The van der Waals surface area contributed by atoms with Crippen LogP contribution in [0.2, 0.25) is 0 Å². The van der Waals surface area contributed by atoms with Crippen molar-refractivity contribution in [2.24, 2.45) is 5.92 Å². The van der Waals surface area contributed by atoms with Gasteiger partial charge in [0, 0.05) is 30.6 Å². The molecule has 3 rings (SSSR count). The van der Waals surface area contributed by atoms with Crippen molar-refractivity contribution < 1.29 is 9.59 Å². The van der Waals surface area contributed by atoms with Gasteiger partial charge in [0.05, 0.1) is 17.2 Å². The van der Waals surface area contributed by atoms with E-state index < -0.39 is 0 Å². The van der Waals surface area contributed by atoms with E-state index in [9.17, 15) is 9.59 Å². The van der Waals surface area contributed by atoms with Gasteiger partial charge in [-0.3, -0.25) is 14.6 Å². The van der Waals surface area contributed by atoms with Crippen LogP contribution in [0.1, 0.15) is 47.4 Å². The molecule has 1 fully saturated rings. The van der Waals surface area contributed by atoms with Gasteiger partial charge in [-0.05, 0) is 37.8 Å². The maximum absolute atomic E-state index is 12.6. The molecule has 1 aliphatic rings. The van der Waals surface area contributed by atoms with Crippen LogP contribution in [0, 0.1) is 5.92 Å². The first-order valence-electron chi connectivity index (χ1n) is 9.08. The topological polar surface area (TPSA) is 75.2 Å². The van der Waals surface area contributed by atoms with Crippen LogP contribution in [0.3, 0.4) is 0 Å². The Hall–Kier alpha value is -2.28. The zero-order valence-corrected chi connectivity index (χ0v) is 15.8. The normalized spacial score (nSPS) is 15.0. The minimum absolute atomic E-state index is 0.0176. The first-order valence-corrected chi connectivity index (χ1v) is 9.96. The maximum Gasteiger partial charge on any atom is 0.273 e. The molecular formula is C19H24N4O2S. The second kappa shape index (κ2) is 8.89. The van der Waals surface area contributed by atoms with Crippen LogP contribution in [-0.2, 0) is 17.8 Å². The molecule has 0 bridgehead atoms. The van der Waals surface area contributed by atoms with Gasteiger partial charge in [-0.2, -0.15) is 0 Å². The summed E-state index contributed by atoms with van der Waals surface area (Å²) in [6.07, 6.45) is 5.03. The summed E-state index contributed by atoms with van der Waals surface area (Å²) in [7, 11) is 0. The summed E-state index contributed by atoms with van der Waals surface area (Å²) in [6, 6.07) is 5.65. The van der Waals surface area contributed by atoms with Gasteiger partial charge in [0.2, 0.25) is 5.91 Å². The van der Waals surface area contributed by atoms with Crippen LogP contribution in [0.5, 0.6) is 0 Å². The van der Waals surface area contributed by atoms with Crippen molar-refractivity contribution in [3.63, 3.8) is 0 Å². The Kier molecular flexibility index (Phi) is 6.33. The molecule has 26 heavy (non-hydrogen) atoms. The first kappa shape index (κ1) is 18.5. The Bertz CT molecular complexity index is 739. The Labute approximate surface area is 157 Å². The van der Waals surface area contributed by atoms with Crippen molar-refractivity contribution in [2.45, 2.75) is 39.2 Å². The fourth-order valence-corrected chi connectivity index (χ4v) is 3.94. The summed E-state index contributed by atoms with van der Waals surface area (Å²) < 4.78 is 0. The molecule has 1 saturated heterocycles. The van der Waals surface area contributed by atoms with Gasteiger partial charge < -0.3 is 10.2 Å². The van der Waals surface area contributed by atoms with Crippen molar-refractivity contribution in [3.05, 3.63) is 46.2 Å². The SMILES string of the molecule is CCCc1nc(C(=O)N2CCC(C(=O)NCc3ccccn3)CC2)cs1. The van der Waals surface area contributed by atoms with Gasteiger partial charge in [0.25, 0.3) is 5.91 Å². The monoisotopic (exact) mass is 372 g/mol. The number of amides is 2. The fraction of sp³-hybridized carbons (Fsp3) is 0.474. The summed E-state index contributed by atoms with van der Waals surface area (Å²) in [5, 5.41) is 5.81. The molecule has 2 aromatic heterocycles. The second-order valence-electron chi connectivity index (χ2n) is 6.48. The largest absolute Gasteiger partial charge is 0.350 e. The third-order valence-electron chi connectivity index (χ3n) is 4.56. The lowest BCUT2D eigenvalue weighted by atomic mass is 9.95. The number of nitrogens with one attached hydrogen (secondary N) is 1. The number of rotatable bonds is 6. The number of pyridine rings is 1. The number of likely N-dealkylation sites (tertiary alicyclic amines) is 1. The van der Waals surface area contributed by atoms with E-state index >= 15 is 0 Å². The quantitative estimate of drug-likeness (QED) is 0.846. The standard InChI is InChI=1S/C19H24N4O2S/c1-2-5-17-22-16(13-26-17)19(25)23-10-7-14(8-11-23)18(24)21-12-15-6-3-4-9-20-15/h3-4,6,9,13-14H,2,5,7-8,10-12H2,1H3,(H,21,24). The molecule has 2 amide bonds. The van der Waals surface area contributed by atoms with Crippen molar-refractivity contribution in [2.75, 3.05) is 13.1 Å². The van der Waals surface area contributed by atoms with E-state index in [1.807, 2.05) is 28.5 Å². The molecule has 0 spiro atoms. The molecule has 0 unspecified atom stereocenters. The number of carbonyl (C=O) groups excluding carboxylic acids is 2. The second-order valence-corrected chi connectivity index (χ2v) is 7.42. The summed E-state index contributed by atoms with van der Waals surface area (Å²) in [4.78, 5) is 35.4. The molecule has 3 heterocycles. The summed E-state index contributed by atoms with van der Waals surface area (Å²) in [5.74, 6) is -0.0218. The molecule has 0 radical (unpaired) electrons. The zero-order chi connectivity index (χ0) is 18.4. The lowest BCUT2D eigenvalue weighted by Gasteiger charge is -2.30. The average Bonchev–Trinajstić information content (AvgIpc) is 3.15. The zero-order valence-electron chi connectivity index (χ0n) is 15.0. The molecule has 0 atom stereocenters. The van der Waals surface area contributed by atoms with Crippen LogP contribution >= 0.6 is 11.3 Å². The van der Waals surface area contributed by atoms with Gasteiger partial charge in [0.1, 0.15) is 5.69 Å². The van der Waals surface area contributed by atoms with E-state index in [2.05, 4.69) is 22.2 Å². The number of carbonyl (C=O) groups is 2. The van der Waals surface area contributed by atoms with Crippen molar-refractivity contribution in [1.29, 1.82) is 0 Å². The number of thiazole rings is 1. The third kappa shape index (κ3) is 4.66. The molecule has 138 valence electrons. The third-order valence-corrected chi connectivity index (χ3v) is 5.47. The van der Waals surface area contributed by atoms with E-state index in [0.717, 1.165) is 23.5 Å². The number of nitrogens with zero attached hydrogens (tertiary/aromatic N) is 3. The minimum Gasteiger partial charge on any atom is -0.350 e. The Balaban J connectivity index is 1.47. The lowest BCUT2D eigenvalue weighted by molar-refractivity contribution is -0.126. The highest BCUT2D eigenvalue weighted by atomic mass is 32.1. The smallest absolute Gasteiger partial charge is 0.273 e. The molecule has 7 heteroatoms. The van der Waals surface area contributed by atoms with Gasteiger partial charge >= 0.3 is 0 Å². The lowest BCUT2D eigenvalue weighted by Crippen LogP contribution is -2.43. The highest BCUT2D eigenvalue weighted by Crippen LogP contribution is 2.20. The molecule has 6 nitrogen and oxygen atoms in total. The average molecular weight is 372 g/mol. The van der Waals surface area contributed by atoms with Gasteiger partial charge in [-0.15, -0.1) is 11.3 Å². The molecular weight excluding hydrogens is 348 g/mol. The Morgan fingerprint density at radius 2 is 2.12 bits per heavy atom. The summed E-state index contributed by atoms with van der Waals surface area (Å²) in [6.45, 7) is 3.74. The molecule has 0 aromatic carbocycles. The molecule has 1 N–H and O–H groups in total. The number of hydrogen-bond donors (Lipinski definition) is 1. The van der Waals surface area contributed by atoms with Gasteiger partial charge in [-0.25, -0.2) is 4.98 Å². The van der Waals surface area contributed by atoms with Crippen LogP contribution in [0.15, 0.2) is 29.8 Å². The molecule has 0 saturated carbocycles.